The number of amides is 1. The normalized spacial score (nSPS) is 8.90. The molecule has 0 aliphatic carbocycles. The van der Waals surface area contributed by atoms with Crippen molar-refractivity contribution in [3.63, 3.8) is 0 Å². The van der Waals surface area contributed by atoms with Crippen molar-refractivity contribution < 1.29 is 37.5 Å². The second-order valence-corrected chi connectivity index (χ2v) is 1.55. The van der Waals surface area contributed by atoms with Crippen LogP contribution in [0.15, 0.2) is 5.10 Å². The van der Waals surface area contributed by atoms with Crippen LogP contribution in [0.25, 0.3) is 0 Å². The van der Waals surface area contributed by atoms with Crippen molar-refractivity contribution in [3.05, 3.63) is 6.92 Å². The van der Waals surface area contributed by atoms with Gasteiger partial charge in [0, 0.05) is 32.7 Å². The zero-order chi connectivity index (χ0) is 7.11. The van der Waals surface area contributed by atoms with Crippen LogP contribution in [-0.2, 0) is 37.5 Å². The number of carbonyl (C=O) groups excluding carboxylic acids is 1. The molecule has 0 aromatic heterocycles. The molecule has 55 valence electrons. The van der Waals surface area contributed by atoms with E-state index in [1.54, 1.807) is 0 Å². The van der Waals surface area contributed by atoms with E-state index in [-0.39, 0.29) is 32.7 Å². The summed E-state index contributed by atoms with van der Waals surface area (Å²) in [6.07, 6.45) is 4.37. The van der Waals surface area contributed by atoms with Crippen molar-refractivity contribution in [1.29, 1.82) is 0 Å². The first-order chi connectivity index (χ1) is 4.27. The van der Waals surface area contributed by atoms with Crippen LogP contribution in [0.1, 0.15) is 19.8 Å². The van der Waals surface area contributed by atoms with Gasteiger partial charge in [-0.2, -0.15) is 6.42 Å². The molecule has 0 rings (SSSR count). The molecule has 0 aliphatic rings. The average Bonchev–Trinajstić information content (AvgIpc) is 1.80. The van der Waals surface area contributed by atoms with Crippen LogP contribution >= 0.6 is 0 Å². The molecule has 1 amide bonds. The Kier molecular flexibility index (Phi) is 11.6. The fourth-order valence-corrected chi connectivity index (χ4v) is 0.270. The molecule has 1 radical (unpaired) electrons. The summed E-state index contributed by atoms with van der Waals surface area (Å²) in [5.74, 6) is -0.404. The molecule has 0 saturated heterocycles. The first kappa shape index (κ1) is 12.8. The maximum Gasteiger partial charge on any atom is 0.0978 e. The smallest absolute Gasteiger partial charge is 0.0978 e. The second-order valence-electron chi connectivity index (χ2n) is 1.55. The number of hydrogen-bond donors (Lipinski definition) is 1. The van der Waals surface area contributed by atoms with Gasteiger partial charge in [0.15, 0.2) is 0 Å². The zero-order valence-corrected chi connectivity index (χ0v) is 8.89. The van der Waals surface area contributed by atoms with Crippen molar-refractivity contribution in [2.24, 2.45) is 5.10 Å². The van der Waals surface area contributed by atoms with Crippen LogP contribution < -0.4 is 5.43 Å². The van der Waals surface area contributed by atoms with Crippen LogP contribution in [0.3, 0.4) is 0 Å². The molecule has 10 heavy (non-hydrogen) atoms. The van der Waals surface area contributed by atoms with E-state index < -0.39 is 5.91 Å². The summed E-state index contributed by atoms with van der Waals surface area (Å²) in [5, 5.41) is 3.45. The Hall–Kier alpha value is 0.114. The molecule has 0 aromatic carbocycles. The number of hydrogen-bond acceptors (Lipinski definition) is 2. The summed E-state index contributed by atoms with van der Waals surface area (Å²) in [6, 6.07) is 0. The van der Waals surface area contributed by atoms with Crippen LogP contribution in [0.5, 0.6) is 0 Å². The Balaban J connectivity index is 0. The van der Waals surface area contributed by atoms with Crippen LogP contribution in [-0.4, -0.2) is 12.1 Å². The molecule has 0 spiro atoms. The summed E-state index contributed by atoms with van der Waals surface area (Å²) in [4.78, 5) is 10.1. The Labute approximate surface area is 86.5 Å². The Morgan fingerprint density at radius 1 is 1.80 bits per heavy atom. The minimum atomic E-state index is -0.404. The first-order valence-corrected chi connectivity index (χ1v) is 2.82. The topological polar surface area (TPSA) is 41.5 Å². The van der Waals surface area contributed by atoms with Gasteiger partial charge >= 0.3 is 0 Å². The van der Waals surface area contributed by atoms with E-state index >= 15 is 0 Å². The second kappa shape index (κ2) is 9.11. The Morgan fingerprint density at radius 3 is 2.80 bits per heavy atom. The summed E-state index contributed by atoms with van der Waals surface area (Å²) >= 11 is 0. The van der Waals surface area contributed by atoms with E-state index in [1.807, 2.05) is 6.92 Å². The predicted octanol–water partition coefficient (Wildman–Crippen LogP) is 0.597. The van der Waals surface area contributed by atoms with E-state index in [4.69, 9.17) is 0 Å². The molecule has 0 atom stereocenters. The largest absolute Gasteiger partial charge is 0.400 e. The Morgan fingerprint density at radius 2 is 2.40 bits per heavy atom. The van der Waals surface area contributed by atoms with Crippen molar-refractivity contribution >= 4 is 12.1 Å². The molecule has 0 aromatic rings. The fraction of sp³-hybridized carbons (Fsp3) is 0.500. The monoisotopic (exact) mass is 215 g/mol. The SMILES string of the molecule is [CH2-]C(=O)NN=[C-]CCC.[Y]. The Bertz CT molecular complexity index is 114. The van der Waals surface area contributed by atoms with E-state index in [9.17, 15) is 4.79 Å². The fourth-order valence-electron chi connectivity index (χ4n) is 0.270. The van der Waals surface area contributed by atoms with Gasteiger partial charge in [0.05, 0.1) is 5.91 Å². The number of hydrazone groups is 1. The third-order valence-electron chi connectivity index (χ3n) is 0.621. The van der Waals surface area contributed by atoms with Gasteiger partial charge in [-0.25, -0.2) is 0 Å². The molecule has 3 nitrogen and oxygen atoms in total. The third-order valence-corrected chi connectivity index (χ3v) is 0.621. The molecule has 0 aliphatic heterocycles. The van der Waals surface area contributed by atoms with Crippen molar-refractivity contribution in [3.8, 4) is 0 Å². The molecule has 1 N–H and O–H groups in total. The van der Waals surface area contributed by atoms with Gasteiger partial charge in [-0.15, -0.1) is 0 Å². The minimum absolute atomic E-state index is 0. The van der Waals surface area contributed by atoms with Gasteiger partial charge in [-0.05, 0) is 0 Å². The molecular formula is C6H10N2OY-2. The standard InChI is InChI=1S/C6H10N2O.Y/c1-3-4-5-7-8-6(2)9;/h2-4H2,1H3,(H,8,9);/q-2;. The number of nitrogens with one attached hydrogen (secondary N) is 1. The van der Waals surface area contributed by atoms with Crippen molar-refractivity contribution in [2.45, 2.75) is 19.8 Å². The quantitative estimate of drug-likeness (QED) is 0.418. The summed E-state index contributed by atoms with van der Waals surface area (Å²) in [5.41, 5.74) is 2.14. The van der Waals surface area contributed by atoms with Crippen LogP contribution in [0.4, 0.5) is 0 Å². The van der Waals surface area contributed by atoms with Gasteiger partial charge < -0.3 is 28.5 Å². The van der Waals surface area contributed by atoms with Gasteiger partial charge in [-0.1, -0.05) is 13.3 Å². The van der Waals surface area contributed by atoms with E-state index in [2.05, 4.69) is 23.7 Å². The number of rotatable bonds is 3. The number of unbranched alkanes of at least 4 members (excludes halogenated alkanes) is 1. The molecule has 0 bridgehead atoms. The minimum Gasteiger partial charge on any atom is -0.400 e. The number of carbonyl (C=O) groups is 1. The summed E-state index contributed by atoms with van der Waals surface area (Å²) in [6.45, 7) is 5.06. The third kappa shape index (κ3) is 11.0. The number of nitrogens with zero attached hydrogens (tertiary/aromatic N) is 1. The van der Waals surface area contributed by atoms with E-state index in [0.717, 1.165) is 12.8 Å². The predicted molar refractivity (Wildman–Crippen MR) is 35.8 cm³/mol. The van der Waals surface area contributed by atoms with Gasteiger partial charge in [-0.3, -0.25) is 0 Å². The maximum absolute atomic E-state index is 10.1. The maximum atomic E-state index is 10.1. The van der Waals surface area contributed by atoms with Crippen LogP contribution in [0.2, 0.25) is 0 Å². The molecule has 0 saturated carbocycles. The van der Waals surface area contributed by atoms with Crippen molar-refractivity contribution in [2.75, 3.05) is 0 Å². The average molecular weight is 215 g/mol. The molecule has 0 heterocycles. The van der Waals surface area contributed by atoms with Gasteiger partial charge in [0.1, 0.15) is 0 Å². The summed E-state index contributed by atoms with van der Waals surface area (Å²) < 4.78 is 0. The zero-order valence-electron chi connectivity index (χ0n) is 6.05. The van der Waals surface area contributed by atoms with E-state index in [1.165, 1.54) is 0 Å². The molecule has 0 fully saturated rings. The van der Waals surface area contributed by atoms with Crippen LogP contribution in [0, 0.1) is 6.92 Å². The van der Waals surface area contributed by atoms with Gasteiger partial charge in [0.2, 0.25) is 0 Å². The first-order valence-electron chi connectivity index (χ1n) is 2.82. The van der Waals surface area contributed by atoms with Gasteiger partial charge in [0.25, 0.3) is 0 Å². The molecule has 0 unspecified atom stereocenters. The van der Waals surface area contributed by atoms with E-state index in [0.29, 0.717) is 0 Å². The summed E-state index contributed by atoms with van der Waals surface area (Å²) in [7, 11) is 0. The molecule has 4 heteroatoms. The molecular weight excluding hydrogens is 205 g/mol. The van der Waals surface area contributed by atoms with Crippen molar-refractivity contribution in [1.82, 2.24) is 5.43 Å².